The molecule has 1 aromatic heterocycles. The Bertz CT molecular complexity index is 599. The van der Waals surface area contributed by atoms with Crippen LogP contribution in [0.25, 0.3) is 0 Å². The van der Waals surface area contributed by atoms with Crippen LogP contribution in [0.2, 0.25) is 5.02 Å². The summed E-state index contributed by atoms with van der Waals surface area (Å²) in [6.45, 7) is 6.10. The van der Waals surface area contributed by atoms with E-state index in [9.17, 15) is 0 Å². The van der Waals surface area contributed by atoms with Crippen LogP contribution in [-0.4, -0.2) is 9.97 Å². The van der Waals surface area contributed by atoms with Crippen LogP contribution in [0.15, 0.2) is 28.9 Å². The van der Waals surface area contributed by atoms with Crippen molar-refractivity contribution in [2.24, 2.45) is 0 Å². The fraction of sp³-hybridized carbons (Fsp3) is 0.286. The standard InChI is InChI=1S/C14H15BrClN3/c1-8(2)14-18-12(15)7-13(19-14)17-10-5-4-9(3)11(16)6-10/h4-8H,1-3H3,(H,17,18,19). The number of halogens is 2. The summed E-state index contributed by atoms with van der Waals surface area (Å²) in [6.07, 6.45) is 0. The van der Waals surface area contributed by atoms with E-state index in [4.69, 9.17) is 11.6 Å². The molecule has 0 unspecified atom stereocenters. The van der Waals surface area contributed by atoms with Gasteiger partial charge in [-0.15, -0.1) is 0 Å². The van der Waals surface area contributed by atoms with Crippen LogP contribution >= 0.6 is 27.5 Å². The molecule has 1 heterocycles. The molecule has 2 rings (SSSR count). The lowest BCUT2D eigenvalue weighted by atomic mass is 10.2. The van der Waals surface area contributed by atoms with E-state index in [1.807, 2.05) is 31.2 Å². The van der Waals surface area contributed by atoms with Crippen molar-refractivity contribution in [2.45, 2.75) is 26.7 Å². The van der Waals surface area contributed by atoms with E-state index in [-0.39, 0.29) is 5.92 Å². The normalized spacial score (nSPS) is 10.8. The monoisotopic (exact) mass is 339 g/mol. The zero-order valence-electron chi connectivity index (χ0n) is 11.0. The molecule has 100 valence electrons. The Morgan fingerprint density at radius 1 is 1.21 bits per heavy atom. The Hall–Kier alpha value is -1.13. The molecule has 0 fully saturated rings. The molecule has 0 spiro atoms. The number of rotatable bonds is 3. The van der Waals surface area contributed by atoms with Crippen LogP contribution in [0.1, 0.15) is 31.2 Å². The molecule has 0 bridgehead atoms. The summed E-state index contributed by atoms with van der Waals surface area (Å²) < 4.78 is 0.770. The number of anilines is 2. The summed E-state index contributed by atoms with van der Waals surface area (Å²) in [5.41, 5.74) is 1.97. The Balaban J connectivity index is 2.29. The van der Waals surface area contributed by atoms with Gasteiger partial charge in [-0.2, -0.15) is 0 Å². The van der Waals surface area contributed by atoms with Crippen molar-refractivity contribution >= 4 is 39.0 Å². The van der Waals surface area contributed by atoms with Crippen molar-refractivity contribution in [2.75, 3.05) is 5.32 Å². The largest absolute Gasteiger partial charge is 0.340 e. The van der Waals surface area contributed by atoms with E-state index in [0.717, 1.165) is 32.5 Å². The van der Waals surface area contributed by atoms with Crippen molar-refractivity contribution in [3.63, 3.8) is 0 Å². The van der Waals surface area contributed by atoms with Gasteiger partial charge in [0.25, 0.3) is 0 Å². The maximum absolute atomic E-state index is 6.11. The number of hydrogen-bond donors (Lipinski definition) is 1. The van der Waals surface area contributed by atoms with Gasteiger partial charge in [0.15, 0.2) is 0 Å². The quantitative estimate of drug-likeness (QED) is 0.793. The van der Waals surface area contributed by atoms with Gasteiger partial charge in [0.2, 0.25) is 0 Å². The van der Waals surface area contributed by atoms with Gasteiger partial charge in [0, 0.05) is 22.7 Å². The predicted molar refractivity (Wildman–Crippen MR) is 83.3 cm³/mol. The molecule has 5 heteroatoms. The molecular formula is C14H15BrClN3. The number of nitrogens with zero attached hydrogens (tertiary/aromatic N) is 2. The minimum absolute atomic E-state index is 0.277. The van der Waals surface area contributed by atoms with Crippen molar-refractivity contribution < 1.29 is 0 Å². The molecule has 0 amide bonds. The molecule has 0 saturated heterocycles. The third-order valence-corrected chi connectivity index (χ3v) is 3.49. The summed E-state index contributed by atoms with van der Waals surface area (Å²) in [7, 11) is 0. The van der Waals surface area contributed by atoms with E-state index in [1.165, 1.54) is 0 Å². The molecule has 0 radical (unpaired) electrons. The van der Waals surface area contributed by atoms with Gasteiger partial charge in [-0.3, -0.25) is 0 Å². The average molecular weight is 341 g/mol. The van der Waals surface area contributed by atoms with E-state index < -0.39 is 0 Å². The summed E-state index contributed by atoms with van der Waals surface area (Å²) in [5.74, 6) is 1.83. The first-order valence-electron chi connectivity index (χ1n) is 6.03. The lowest BCUT2D eigenvalue weighted by Crippen LogP contribution is -2.02. The van der Waals surface area contributed by atoms with Gasteiger partial charge in [0.05, 0.1) is 0 Å². The molecule has 0 aliphatic carbocycles. The fourth-order valence-corrected chi connectivity index (χ4v) is 2.15. The zero-order chi connectivity index (χ0) is 14.0. The Morgan fingerprint density at radius 2 is 1.95 bits per heavy atom. The van der Waals surface area contributed by atoms with E-state index in [1.54, 1.807) is 0 Å². The lowest BCUT2D eigenvalue weighted by molar-refractivity contribution is 0.771. The molecule has 1 N–H and O–H groups in total. The summed E-state index contributed by atoms with van der Waals surface area (Å²) in [6, 6.07) is 7.69. The second-order valence-electron chi connectivity index (χ2n) is 4.68. The highest BCUT2D eigenvalue weighted by molar-refractivity contribution is 9.10. The van der Waals surface area contributed by atoms with E-state index in [2.05, 4.69) is 45.1 Å². The first-order chi connectivity index (χ1) is 8.95. The SMILES string of the molecule is Cc1ccc(Nc2cc(Br)nc(C(C)C)n2)cc1Cl. The van der Waals surface area contributed by atoms with Gasteiger partial charge in [-0.25, -0.2) is 9.97 Å². The molecular weight excluding hydrogens is 326 g/mol. The number of aromatic nitrogens is 2. The summed E-state index contributed by atoms with van der Waals surface area (Å²) in [5, 5.41) is 3.98. The van der Waals surface area contributed by atoms with Crippen LogP contribution in [0.4, 0.5) is 11.5 Å². The molecule has 0 saturated carbocycles. The Kier molecular flexibility index (Phi) is 4.42. The van der Waals surface area contributed by atoms with Crippen molar-refractivity contribution in [1.29, 1.82) is 0 Å². The lowest BCUT2D eigenvalue weighted by Gasteiger charge is -2.10. The predicted octanol–water partition coefficient (Wildman–Crippen LogP) is 5.07. The second kappa shape index (κ2) is 5.88. The number of hydrogen-bond acceptors (Lipinski definition) is 3. The smallest absolute Gasteiger partial charge is 0.135 e. The molecule has 1 aromatic carbocycles. The molecule has 3 nitrogen and oxygen atoms in total. The van der Waals surface area contributed by atoms with Gasteiger partial charge >= 0.3 is 0 Å². The van der Waals surface area contributed by atoms with E-state index >= 15 is 0 Å². The molecule has 0 aliphatic heterocycles. The topological polar surface area (TPSA) is 37.8 Å². The Morgan fingerprint density at radius 3 is 2.58 bits per heavy atom. The van der Waals surface area contributed by atoms with E-state index in [0.29, 0.717) is 0 Å². The first-order valence-corrected chi connectivity index (χ1v) is 7.20. The second-order valence-corrected chi connectivity index (χ2v) is 5.90. The third kappa shape index (κ3) is 3.67. The number of benzene rings is 1. The van der Waals surface area contributed by atoms with Crippen LogP contribution < -0.4 is 5.32 Å². The maximum Gasteiger partial charge on any atom is 0.135 e. The van der Waals surface area contributed by atoms with Gasteiger partial charge in [0.1, 0.15) is 16.2 Å². The third-order valence-electron chi connectivity index (χ3n) is 2.67. The maximum atomic E-state index is 6.11. The van der Waals surface area contributed by atoms with Crippen molar-refractivity contribution in [3.8, 4) is 0 Å². The molecule has 0 atom stereocenters. The Labute approximate surface area is 126 Å². The highest BCUT2D eigenvalue weighted by Crippen LogP contribution is 2.24. The van der Waals surface area contributed by atoms with Crippen LogP contribution in [0.5, 0.6) is 0 Å². The number of aryl methyl sites for hydroxylation is 1. The van der Waals surface area contributed by atoms with Crippen LogP contribution in [0, 0.1) is 6.92 Å². The summed E-state index contributed by atoms with van der Waals surface area (Å²) in [4.78, 5) is 8.83. The van der Waals surface area contributed by atoms with Crippen LogP contribution in [0.3, 0.4) is 0 Å². The number of nitrogens with one attached hydrogen (secondary N) is 1. The van der Waals surface area contributed by atoms with Crippen molar-refractivity contribution in [1.82, 2.24) is 9.97 Å². The average Bonchev–Trinajstić information content (AvgIpc) is 2.33. The minimum Gasteiger partial charge on any atom is -0.340 e. The fourth-order valence-electron chi connectivity index (χ4n) is 1.58. The first kappa shape index (κ1) is 14.3. The van der Waals surface area contributed by atoms with Gasteiger partial charge < -0.3 is 5.32 Å². The molecule has 2 aromatic rings. The van der Waals surface area contributed by atoms with Gasteiger partial charge in [-0.05, 0) is 40.5 Å². The minimum atomic E-state index is 0.277. The highest BCUT2D eigenvalue weighted by Gasteiger charge is 2.07. The van der Waals surface area contributed by atoms with Crippen LogP contribution in [-0.2, 0) is 0 Å². The van der Waals surface area contributed by atoms with Gasteiger partial charge in [-0.1, -0.05) is 31.5 Å². The van der Waals surface area contributed by atoms with Crippen molar-refractivity contribution in [3.05, 3.63) is 45.3 Å². The molecule has 0 aliphatic rings. The summed E-state index contributed by atoms with van der Waals surface area (Å²) >= 11 is 9.51. The molecule has 19 heavy (non-hydrogen) atoms. The zero-order valence-corrected chi connectivity index (χ0v) is 13.4. The highest BCUT2D eigenvalue weighted by atomic mass is 79.9.